The van der Waals surface area contributed by atoms with Crippen LogP contribution in [0.4, 0.5) is 0 Å². The van der Waals surface area contributed by atoms with Crippen LogP contribution in [-0.4, -0.2) is 40.3 Å². The smallest absolute Gasteiger partial charge is 0.214 e. The van der Waals surface area contributed by atoms with Gasteiger partial charge in [0.25, 0.3) is 0 Å². The van der Waals surface area contributed by atoms with Crippen LogP contribution in [0.25, 0.3) is 0 Å². The average Bonchev–Trinajstić information content (AvgIpc) is 3.16. The fraction of sp³-hybridized carbons (Fsp3) is 0.500. The zero-order valence-electron chi connectivity index (χ0n) is 14.0. The second kappa shape index (κ2) is 6.85. The molecule has 2 unspecified atom stereocenters. The van der Waals surface area contributed by atoms with Crippen LogP contribution in [-0.2, 0) is 16.4 Å². The fourth-order valence-electron chi connectivity index (χ4n) is 4.29. The van der Waals surface area contributed by atoms with Gasteiger partial charge in [0.05, 0.1) is 22.5 Å². The number of benzene rings is 1. The van der Waals surface area contributed by atoms with Gasteiger partial charge in [0.2, 0.25) is 10.0 Å². The monoisotopic (exact) mass is 423 g/mol. The van der Waals surface area contributed by atoms with Crippen molar-refractivity contribution >= 4 is 26.0 Å². The molecule has 1 aromatic carbocycles. The summed E-state index contributed by atoms with van der Waals surface area (Å²) in [6.45, 7) is 0. The van der Waals surface area contributed by atoms with E-state index in [0.29, 0.717) is 12.5 Å². The molecule has 134 valence electrons. The number of aromatic nitrogens is 2. The Morgan fingerprint density at radius 2 is 1.76 bits per heavy atom. The van der Waals surface area contributed by atoms with Gasteiger partial charge >= 0.3 is 0 Å². The maximum Gasteiger partial charge on any atom is 0.214 e. The molecular formula is C18H22BrN3O2S. The highest BCUT2D eigenvalue weighted by Crippen LogP contribution is 2.42. The number of halogens is 1. The first kappa shape index (κ1) is 17.2. The van der Waals surface area contributed by atoms with Crippen molar-refractivity contribution in [2.24, 2.45) is 0 Å². The average molecular weight is 424 g/mol. The zero-order valence-corrected chi connectivity index (χ0v) is 16.4. The topological polar surface area (TPSA) is 55.2 Å². The van der Waals surface area contributed by atoms with E-state index in [-0.39, 0.29) is 17.8 Å². The van der Waals surface area contributed by atoms with E-state index in [1.165, 1.54) is 0 Å². The zero-order chi connectivity index (χ0) is 17.4. The Hall–Kier alpha value is -1.18. The molecule has 4 rings (SSSR count). The van der Waals surface area contributed by atoms with Crippen LogP contribution < -0.4 is 0 Å². The van der Waals surface area contributed by atoms with E-state index in [0.717, 1.165) is 35.7 Å². The van der Waals surface area contributed by atoms with Crippen molar-refractivity contribution in [1.29, 1.82) is 0 Å². The molecule has 0 N–H and O–H groups in total. The summed E-state index contributed by atoms with van der Waals surface area (Å²) < 4.78 is 30.7. The van der Waals surface area contributed by atoms with Crippen LogP contribution in [0.1, 0.15) is 37.3 Å². The van der Waals surface area contributed by atoms with Crippen molar-refractivity contribution in [2.75, 3.05) is 5.75 Å². The minimum Gasteiger partial charge on any atom is -0.268 e. The quantitative estimate of drug-likeness (QED) is 0.740. The Kier molecular flexibility index (Phi) is 4.73. The molecule has 2 fully saturated rings. The van der Waals surface area contributed by atoms with Crippen LogP contribution in [0.3, 0.4) is 0 Å². The van der Waals surface area contributed by atoms with Crippen molar-refractivity contribution in [1.82, 2.24) is 14.1 Å². The van der Waals surface area contributed by atoms with Crippen molar-refractivity contribution in [3.8, 4) is 0 Å². The third-order valence-corrected chi connectivity index (χ3v) is 7.77. The molecule has 0 aliphatic carbocycles. The normalized spacial score (nSPS) is 26.8. The van der Waals surface area contributed by atoms with E-state index in [9.17, 15) is 8.42 Å². The number of sulfonamides is 1. The molecule has 2 aromatic rings. The van der Waals surface area contributed by atoms with Crippen molar-refractivity contribution in [3.05, 3.63) is 52.8 Å². The van der Waals surface area contributed by atoms with E-state index in [1.807, 2.05) is 45.5 Å². The molecule has 2 saturated heterocycles. The minimum atomic E-state index is -3.22. The Morgan fingerprint density at radius 3 is 2.36 bits per heavy atom. The molecule has 2 aliphatic rings. The molecule has 3 heterocycles. The van der Waals surface area contributed by atoms with Crippen molar-refractivity contribution in [2.45, 2.75) is 50.2 Å². The second-order valence-corrected chi connectivity index (χ2v) is 9.94. The summed E-state index contributed by atoms with van der Waals surface area (Å²) in [7, 11) is -3.22. The summed E-state index contributed by atoms with van der Waals surface area (Å²) in [6.07, 6.45) is 8.01. The Bertz CT molecular complexity index is 823. The number of nitrogens with zero attached hydrogens (tertiary/aromatic N) is 3. The number of hydrogen-bond donors (Lipinski definition) is 0. The van der Waals surface area contributed by atoms with Crippen LogP contribution in [0, 0.1) is 0 Å². The van der Waals surface area contributed by atoms with Crippen LogP contribution in [0.2, 0.25) is 0 Å². The third-order valence-electron chi connectivity index (χ3n) is 5.40. The Morgan fingerprint density at radius 1 is 1.08 bits per heavy atom. The molecule has 25 heavy (non-hydrogen) atoms. The SMILES string of the molecule is O=S(=O)(CCc1ccccc1)N1C2CCC1CC(n1cc(Br)cn1)C2. The molecular weight excluding hydrogens is 402 g/mol. The van der Waals surface area contributed by atoms with Gasteiger partial charge in [-0.1, -0.05) is 30.3 Å². The van der Waals surface area contributed by atoms with E-state index in [4.69, 9.17) is 0 Å². The molecule has 2 bridgehead atoms. The van der Waals surface area contributed by atoms with Gasteiger partial charge in [-0.15, -0.1) is 0 Å². The van der Waals surface area contributed by atoms with Gasteiger partial charge in [-0.05, 0) is 53.6 Å². The van der Waals surface area contributed by atoms with Gasteiger partial charge in [0.1, 0.15) is 0 Å². The van der Waals surface area contributed by atoms with Crippen LogP contribution in [0.15, 0.2) is 47.2 Å². The summed E-state index contributed by atoms with van der Waals surface area (Å²) >= 11 is 3.44. The van der Waals surface area contributed by atoms with Crippen molar-refractivity contribution < 1.29 is 8.42 Å². The lowest BCUT2D eigenvalue weighted by Crippen LogP contribution is -2.48. The summed E-state index contributed by atoms with van der Waals surface area (Å²) in [5, 5.41) is 4.40. The van der Waals surface area contributed by atoms with Gasteiger partial charge < -0.3 is 0 Å². The van der Waals surface area contributed by atoms with Crippen molar-refractivity contribution in [3.63, 3.8) is 0 Å². The lowest BCUT2D eigenvalue weighted by atomic mass is 10.00. The van der Waals surface area contributed by atoms with Gasteiger partial charge in [-0.25, -0.2) is 8.42 Å². The molecule has 2 atom stereocenters. The summed E-state index contributed by atoms with van der Waals surface area (Å²) in [5.41, 5.74) is 1.08. The number of hydrogen-bond acceptors (Lipinski definition) is 3. The molecule has 0 spiro atoms. The predicted molar refractivity (Wildman–Crippen MR) is 101 cm³/mol. The first-order valence-corrected chi connectivity index (χ1v) is 11.2. The fourth-order valence-corrected chi connectivity index (χ4v) is 6.58. The summed E-state index contributed by atoms with van der Waals surface area (Å²) in [4.78, 5) is 0. The van der Waals surface area contributed by atoms with Gasteiger partial charge in [0, 0.05) is 18.3 Å². The lowest BCUT2D eigenvalue weighted by Gasteiger charge is -2.38. The summed E-state index contributed by atoms with van der Waals surface area (Å²) in [5.74, 6) is 0.196. The van der Waals surface area contributed by atoms with E-state index >= 15 is 0 Å². The number of aryl methyl sites for hydroxylation is 1. The second-order valence-electron chi connectivity index (χ2n) is 7.03. The number of piperidine rings is 1. The van der Waals surface area contributed by atoms with Gasteiger partial charge in [-0.3, -0.25) is 4.68 Å². The number of fused-ring (bicyclic) bond motifs is 2. The highest BCUT2D eigenvalue weighted by atomic mass is 79.9. The maximum absolute atomic E-state index is 13.0. The first-order chi connectivity index (χ1) is 12.0. The molecule has 0 radical (unpaired) electrons. The van der Waals surface area contributed by atoms with E-state index in [1.54, 1.807) is 6.20 Å². The molecule has 0 amide bonds. The van der Waals surface area contributed by atoms with Gasteiger partial charge in [-0.2, -0.15) is 9.40 Å². The third kappa shape index (κ3) is 3.55. The highest BCUT2D eigenvalue weighted by Gasteiger charge is 2.46. The predicted octanol–water partition coefficient (Wildman–Crippen LogP) is 3.39. The first-order valence-electron chi connectivity index (χ1n) is 8.78. The Labute approximate surface area is 157 Å². The number of rotatable bonds is 5. The van der Waals surface area contributed by atoms with E-state index in [2.05, 4.69) is 21.0 Å². The highest BCUT2D eigenvalue weighted by molar-refractivity contribution is 9.10. The minimum absolute atomic E-state index is 0.118. The van der Waals surface area contributed by atoms with Gasteiger partial charge in [0.15, 0.2) is 0 Å². The molecule has 7 heteroatoms. The maximum atomic E-state index is 13.0. The lowest BCUT2D eigenvalue weighted by molar-refractivity contribution is 0.185. The largest absolute Gasteiger partial charge is 0.268 e. The summed E-state index contributed by atoms with van der Waals surface area (Å²) in [6, 6.07) is 10.4. The molecule has 1 aromatic heterocycles. The Balaban J connectivity index is 1.46. The standard InChI is InChI=1S/C18H22BrN3O2S/c19-15-12-20-21(13-15)18-10-16-6-7-17(11-18)22(16)25(23,24)9-8-14-4-2-1-3-5-14/h1-5,12-13,16-18H,6-11H2. The molecule has 5 nitrogen and oxygen atoms in total. The molecule has 2 aliphatic heterocycles. The van der Waals surface area contributed by atoms with E-state index < -0.39 is 10.0 Å². The van der Waals surface area contributed by atoms with Crippen LogP contribution in [0.5, 0.6) is 0 Å². The molecule has 0 saturated carbocycles. The van der Waals surface area contributed by atoms with Crippen LogP contribution >= 0.6 is 15.9 Å².